The van der Waals surface area contributed by atoms with E-state index in [1.807, 2.05) is 12.3 Å². The number of aliphatic hydroxyl groups excluding tert-OH is 1. The SMILES string of the molecule is C[C@H](CO)NC(=O)N1Cc2nc(N)nc(-c3c(Cl)cc(Cl)cc3OCCn3cccn3)c2C1. The standard InChI is InChI=1S/C21H23Cl2N7O3/c1-12(11-31)26-21(32)29-9-14-16(10-29)27-20(24)28-19(14)18-15(23)7-13(22)8-17(18)33-6-5-30-4-2-3-25-30/h2-4,7-8,12,31H,5-6,9-11H2,1H3,(H,26,32)(H2,24,27,28)/t12-/m1/s1. The van der Waals surface area contributed by atoms with Gasteiger partial charge >= 0.3 is 6.03 Å². The predicted molar refractivity (Wildman–Crippen MR) is 124 cm³/mol. The molecule has 0 radical (unpaired) electrons. The fourth-order valence-corrected chi connectivity index (χ4v) is 4.11. The number of nitrogen functional groups attached to an aromatic ring is 1. The van der Waals surface area contributed by atoms with Crippen LogP contribution in [-0.4, -0.2) is 55.0 Å². The Bertz CT molecular complexity index is 1160. The van der Waals surface area contributed by atoms with E-state index >= 15 is 0 Å². The van der Waals surface area contributed by atoms with Crippen LogP contribution in [0.2, 0.25) is 10.0 Å². The molecule has 0 aliphatic carbocycles. The number of fused-ring (bicyclic) bond motifs is 1. The molecule has 1 aliphatic rings. The molecule has 1 aliphatic heterocycles. The molecular weight excluding hydrogens is 469 g/mol. The van der Waals surface area contributed by atoms with E-state index in [2.05, 4.69) is 20.4 Å². The van der Waals surface area contributed by atoms with Gasteiger partial charge in [0.1, 0.15) is 12.4 Å². The molecule has 0 saturated carbocycles. The molecule has 1 aromatic carbocycles. The molecule has 0 bridgehead atoms. The van der Waals surface area contributed by atoms with Crippen LogP contribution in [0.3, 0.4) is 0 Å². The molecule has 2 amide bonds. The van der Waals surface area contributed by atoms with E-state index in [1.165, 1.54) is 0 Å². The first kappa shape index (κ1) is 23.1. The highest BCUT2D eigenvalue weighted by molar-refractivity contribution is 6.37. The lowest BCUT2D eigenvalue weighted by Gasteiger charge is -2.19. The summed E-state index contributed by atoms with van der Waals surface area (Å²) in [6.45, 7) is 2.90. The van der Waals surface area contributed by atoms with Gasteiger partial charge in [-0.15, -0.1) is 0 Å². The van der Waals surface area contributed by atoms with Crippen LogP contribution >= 0.6 is 23.2 Å². The maximum atomic E-state index is 12.6. The third-order valence-corrected chi connectivity index (χ3v) is 5.64. The van der Waals surface area contributed by atoms with Crippen LogP contribution in [0.15, 0.2) is 30.6 Å². The average Bonchev–Trinajstić information content (AvgIpc) is 3.42. The molecule has 174 valence electrons. The van der Waals surface area contributed by atoms with Crippen LogP contribution in [0.1, 0.15) is 18.2 Å². The van der Waals surface area contributed by atoms with Crippen LogP contribution in [0.25, 0.3) is 11.3 Å². The monoisotopic (exact) mass is 491 g/mol. The van der Waals surface area contributed by atoms with Crippen molar-refractivity contribution in [2.75, 3.05) is 18.9 Å². The van der Waals surface area contributed by atoms with E-state index < -0.39 is 0 Å². The summed E-state index contributed by atoms with van der Waals surface area (Å²) in [5.41, 5.74) is 8.34. The second kappa shape index (κ2) is 9.82. The molecule has 10 nitrogen and oxygen atoms in total. The summed E-state index contributed by atoms with van der Waals surface area (Å²) in [4.78, 5) is 22.9. The number of ether oxygens (including phenoxy) is 1. The first-order valence-corrected chi connectivity index (χ1v) is 11.0. The molecule has 0 spiro atoms. The van der Waals surface area contributed by atoms with Gasteiger partial charge in [0.25, 0.3) is 0 Å². The van der Waals surface area contributed by atoms with Crippen LogP contribution < -0.4 is 15.8 Å². The summed E-state index contributed by atoms with van der Waals surface area (Å²) in [6.07, 6.45) is 3.53. The number of rotatable bonds is 7. The smallest absolute Gasteiger partial charge is 0.318 e. The zero-order valence-corrected chi connectivity index (χ0v) is 19.3. The fourth-order valence-electron chi connectivity index (χ4n) is 3.55. The number of carbonyl (C=O) groups excluding carboxylic acids is 1. The molecule has 0 saturated heterocycles. The summed E-state index contributed by atoms with van der Waals surface area (Å²) in [5.74, 6) is 0.500. The Morgan fingerprint density at radius 1 is 1.33 bits per heavy atom. The summed E-state index contributed by atoms with van der Waals surface area (Å²) in [6, 6.07) is 4.40. The van der Waals surface area contributed by atoms with Gasteiger partial charge in [0.15, 0.2) is 0 Å². The van der Waals surface area contributed by atoms with Gasteiger partial charge in [0, 0.05) is 23.0 Å². The molecule has 12 heteroatoms. The normalized spacial score (nSPS) is 13.6. The first-order valence-electron chi connectivity index (χ1n) is 10.3. The molecule has 4 rings (SSSR count). The molecule has 0 fully saturated rings. The average molecular weight is 492 g/mol. The Hall–Kier alpha value is -3.08. The number of anilines is 1. The van der Waals surface area contributed by atoms with Crippen molar-refractivity contribution >= 4 is 35.2 Å². The van der Waals surface area contributed by atoms with Gasteiger partial charge in [0.05, 0.1) is 54.3 Å². The highest BCUT2D eigenvalue weighted by Gasteiger charge is 2.31. The Morgan fingerprint density at radius 2 is 2.15 bits per heavy atom. The summed E-state index contributed by atoms with van der Waals surface area (Å²) < 4.78 is 7.76. The van der Waals surface area contributed by atoms with Gasteiger partial charge in [-0.05, 0) is 25.1 Å². The zero-order chi connectivity index (χ0) is 23.5. The topological polar surface area (TPSA) is 131 Å². The number of nitrogens with zero attached hydrogens (tertiary/aromatic N) is 5. The van der Waals surface area contributed by atoms with Crippen molar-refractivity contribution < 1.29 is 14.6 Å². The Balaban J connectivity index is 1.65. The lowest BCUT2D eigenvalue weighted by molar-refractivity contribution is 0.184. The molecular formula is C21H23Cl2N7O3. The van der Waals surface area contributed by atoms with E-state index in [9.17, 15) is 9.90 Å². The third-order valence-electron chi connectivity index (χ3n) is 5.12. The van der Waals surface area contributed by atoms with E-state index in [4.69, 9.17) is 33.7 Å². The van der Waals surface area contributed by atoms with Crippen molar-refractivity contribution in [1.29, 1.82) is 0 Å². The molecule has 1 atom stereocenters. The van der Waals surface area contributed by atoms with Crippen molar-refractivity contribution in [3.8, 4) is 17.0 Å². The minimum Gasteiger partial charge on any atom is -0.491 e. The first-order chi connectivity index (χ1) is 15.9. The van der Waals surface area contributed by atoms with Crippen molar-refractivity contribution in [2.24, 2.45) is 0 Å². The fraction of sp³-hybridized carbons (Fsp3) is 0.333. The minimum absolute atomic E-state index is 0.0586. The summed E-state index contributed by atoms with van der Waals surface area (Å²) in [7, 11) is 0. The van der Waals surface area contributed by atoms with Gasteiger partial charge in [-0.1, -0.05) is 23.2 Å². The number of aliphatic hydroxyl groups is 1. The number of nitrogens with one attached hydrogen (secondary N) is 1. The number of benzene rings is 1. The van der Waals surface area contributed by atoms with Crippen molar-refractivity contribution in [3.63, 3.8) is 0 Å². The van der Waals surface area contributed by atoms with Gasteiger partial charge in [0.2, 0.25) is 5.95 Å². The van der Waals surface area contributed by atoms with Gasteiger partial charge < -0.3 is 25.8 Å². The van der Waals surface area contributed by atoms with Crippen molar-refractivity contribution in [2.45, 2.75) is 32.6 Å². The quantitative estimate of drug-likeness (QED) is 0.462. The zero-order valence-electron chi connectivity index (χ0n) is 17.8. The lowest BCUT2D eigenvalue weighted by atomic mass is 10.0. The molecule has 0 unspecified atom stereocenters. The number of nitrogens with two attached hydrogens (primary N) is 1. The van der Waals surface area contributed by atoms with E-state index in [1.54, 1.807) is 34.8 Å². The molecule has 2 aromatic heterocycles. The third kappa shape index (κ3) is 5.13. The number of halogens is 2. The Morgan fingerprint density at radius 3 is 2.88 bits per heavy atom. The van der Waals surface area contributed by atoms with Crippen LogP contribution in [0, 0.1) is 0 Å². The van der Waals surface area contributed by atoms with Gasteiger partial charge in [-0.2, -0.15) is 5.10 Å². The minimum atomic E-state index is -0.377. The van der Waals surface area contributed by atoms with Gasteiger partial charge in [-0.25, -0.2) is 14.8 Å². The number of amides is 2. The number of urea groups is 1. The van der Waals surface area contributed by atoms with Gasteiger partial charge in [-0.3, -0.25) is 4.68 Å². The van der Waals surface area contributed by atoms with Crippen LogP contribution in [0.4, 0.5) is 10.7 Å². The number of carbonyl (C=O) groups is 1. The largest absolute Gasteiger partial charge is 0.491 e. The Kier molecular flexibility index (Phi) is 6.87. The maximum absolute atomic E-state index is 12.6. The molecule has 4 N–H and O–H groups in total. The molecule has 33 heavy (non-hydrogen) atoms. The summed E-state index contributed by atoms with van der Waals surface area (Å²) in [5, 5.41) is 16.9. The van der Waals surface area contributed by atoms with E-state index in [0.29, 0.717) is 45.9 Å². The molecule has 3 heterocycles. The lowest BCUT2D eigenvalue weighted by Crippen LogP contribution is -2.42. The number of aromatic nitrogens is 4. The highest BCUT2D eigenvalue weighted by atomic mass is 35.5. The van der Waals surface area contributed by atoms with E-state index in [0.717, 1.165) is 5.56 Å². The number of hydrogen-bond acceptors (Lipinski definition) is 7. The van der Waals surface area contributed by atoms with Crippen molar-refractivity contribution in [1.82, 2.24) is 30.0 Å². The predicted octanol–water partition coefficient (Wildman–Crippen LogP) is 2.71. The molecule has 3 aromatic rings. The second-order valence-electron chi connectivity index (χ2n) is 7.62. The Labute approximate surface area is 200 Å². The second-order valence-corrected chi connectivity index (χ2v) is 8.47. The van der Waals surface area contributed by atoms with Crippen LogP contribution in [0.5, 0.6) is 5.75 Å². The highest BCUT2D eigenvalue weighted by Crippen LogP contribution is 2.42. The maximum Gasteiger partial charge on any atom is 0.318 e. The summed E-state index contributed by atoms with van der Waals surface area (Å²) >= 11 is 12.8. The number of hydrogen-bond donors (Lipinski definition) is 3. The van der Waals surface area contributed by atoms with Crippen molar-refractivity contribution in [3.05, 3.63) is 51.9 Å². The van der Waals surface area contributed by atoms with Crippen LogP contribution in [-0.2, 0) is 19.6 Å². The van der Waals surface area contributed by atoms with E-state index in [-0.39, 0.29) is 37.7 Å².